The predicted octanol–water partition coefficient (Wildman–Crippen LogP) is -0.223. The molecule has 0 aliphatic carbocycles. The molecule has 0 aromatic heterocycles. The summed E-state index contributed by atoms with van der Waals surface area (Å²) in [5.74, 6) is -0.137. The van der Waals surface area contributed by atoms with Gasteiger partial charge in [0.1, 0.15) is 6.61 Å². The van der Waals surface area contributed by atoms with Crippen LogP contribution < -0.4 is 0 Å². The van der Waals surface area contributed by atoms with Crippen LogP contribution in [0.5, 0.6) is 0 Å². The molecule has 0 aromatic rings. The summed E-state index contributed by atoms with van der Waals surface area (Å²) in [7, 11) is 0. The van der Waals surface area contributed by atoms with Gasteiger partial charge in [0.15, 0.2) is 0 Å². The summed E-state index contributed by atoms with van der Waals surface area (Å²) in [4.78, 5) is 16.1. The third kappa shape index (κ3) is 1.91. The van der Waals surface area contributed by atoms with Gasteiger partial charge in [-0.15, -0.1) is 0 Å². The van der Waals surface area contributed by atoms with Gasteiger partial charge in [0, 0.05) is 5.92 Å². The van der Waals surface area contributed by atoms with E-state index in [1.165, 1.54) is 5.06 Å². The Morgan fingerprint density at radius 3 is 2.73 bits per heavy atom. The molecular weight excluding hydrogens is 146 g/mol. The second kappa shape index (κ2) is 3.19. The predicted molar refractivity (Wildman–Crippen MR) is 38.5 cm³/mol. The number of amides is 1. The number of nitrogens with zero attached hydrogens (tertiary/aromatic N) is 1. The van der Waals surface area contributed by atoms with Crippen LogP contribution >= 0.6 is 0 Å². The topological polar surface area (TPSA) is 49.8 Å². The van der Waals surface area contributed by atoms with Gasteiger partial charge >= 0.3 is 0 Å². The zero-order chi connectivity index (χ0) is 8.43. The van der Waals surface area contributed by atoms with Crippen molar-refractivity contribution >= 4 is 5.91 Å². The smallest absolute Gasteiger partial charge is 0.248 e. The molecule has 0 saturated carbocycles. The second-order valence-corrected chi connectivity index (χ2v) is 3.00. The number of rotatable bonds is 1. The number of hydrogen-bond donors (Lipinski definition) is 1. The molecule has 0 bridgehead atoms. The molecule has 0 aromatic carbocycles. The standard InChI is InChI=1S/C7H13NO3/c1-5(2)7(10)8-3-6(9)4-11-8/h5-6,9H,3-4H2,1-2H3/t6-/m0/s1. The molecule has 0 unspecified atom stereocenters. The molecule has 0 radical (unpaired) electrons. The third-order valence-corrected chi connectivity index (χ3v) is 1.54. The lowest BCUT2D eigenvalue weighted by atomic mass is 10.2. The number of carbonyl (C=O) groups excluding carboxylic acids is 1. The van der Waals surface area contributed by atoms with Gasteiger partial charge in [-0.25, -0.2) is 5.06 Å². The van der Waals surface area contributed by atoms with Crippen molar-refractivity contribution in [3.63, 3.8) is 0 Å². The monoisotopic (exact) mass is 159 g/mol. The normalized spacial score (nSPS) is 24.7. The van der Waals surface area contributed by atoms with Crippen molar-refractivity contribution in [1.82, 2.24) is 5.06 Å². The minimum absolute atomic E-state index is 0.0680. The van der Waals surface area contributed by atoms with Crippen molar-refractivity contribution < 1.29 is 14.7 Å². The van der Waals surface area contributed by atoms with Crippen LogP contribution in [0.3, 0.4) is 0 Å². The van der Waals surface area contributed by atoms with Crippen LogP contribution in [0.25, 0.3) is 0 Å². The van der Waals surface area contributed by atoms with Crippen molar-refractivity contribution in [2.24, 2.45) is 5.92 Å². The van der Waals surface area contributed by atoms with Gasteiger partial charge in [-0.1, -0.05) is 13.8 Å². The molecule has 11 heavy (non-hydrogen) atoms. The van der Waals surface area contributed by atoms with E-state index in [1.54, 1.807) is 13.8 Å². The first-order valence-electron chi connectivity index (χ1n) is 3.73. The minimum atomic E-state index is -0.516. The van der Waals surface area contributed by atoms with Crippen molar-refractivity contribution in [3.8, 4) is 0 Å². The van der Waals surface area contributed by atoms with Crippen LogP contribution in [-0.4, -0.2) is 35.3 Å². The zero-order valence-corrected chi connectivity index (χ0v) is 6.78. The molecule has 1 fully saturated rings. The number of aliphatic hydroxyl groups excluding tert-OH is 1. The van der Waals surface area contributed by atoms with E-state index in [4.69, 9.17) is 9.94 Å². The summed E-state index contributed by atoms with van der Waals surface area (Å²) >= 11 is 0. The molecule has 1 saturated heterocycles. The third-order valence-electron chi connectivity index (χ3n) is 1.54. The SMILES string of the molecule is CC(C)C(=O)N1C[C@H](O)CO1. The Bertz CT molecular complexity index is 158. The summed E-state index contributed by atoms with van der Waals surface area (Å²) in [6, 6.07) is 0. The maximum Gasteiger partial charge on any atom is 0.248 e. The van der Waals surface area contributed by atoms with Crippen molar-refractivity contribution in [3.05, 3.63) is 0 Å². The highest BCUT2D eigenvalue weighted by atomic mass is 16.7. The Labute approximate surface area is 65.7 Å². The number of hydrogen-bond acceptors (Lipinski definition) is 3. The summed E-state index contributed by atoms with van der Waals surface area (Å²) < 4.78 is 0. The first-order chi connectivity index (χ1) is 5.11. The Kier molecular flexibility index (Phi) is 2.46. The van der Waals surface area contributed by atoms with Crippen molar-refractivity contribution in [1.29, 1.82) is 0 Å². The molecule has 4 heteroatoms. The van der Waals surface area contributed by atoms with E-state index in [2.05, 4.69) is 0 Å². The molecular formula is C7H13NO3. The van der Waals surface area contributed by atoms with Gasteiger partial charge in [0.25, 0.3) is 0 Å². The average molecular weight is 159 g/mol. The number of β-amino-alcohol motifs (C(OH)–C–C–N with tert-alkyl or cyclic N) is 1. The fourth-order valence-corrected chi connectivity index (χ4v) is 0.914. The fourth-order valence-electron chi connectivity index (χ4n) is 0.914. The van der Waals surface area contributed by atoms with Crippen LogP contribution in [-0.2, 0) is 9.63 Å². The molecule has 1 heterocycles. The van der Waals surface area contributed by atoms with Gasteiger partial charge < -0.3 is 5.11 Å². The van der Waals surface area contributed by atoms with Crippen LogP contribution in [0.15, 0.2) is 0 Å². The van der Waals surface area contributed by atoms with E-state index in [-0.39, 0.29) is 18.4 Å². The van der Waals surface area contributed by atoms with Gasteiger partial charge in [-0.05, 0) is 0 Å². The highest BCUT2D eigenvalue weighted by molar-refractivity contribution is 5.77. The van der Waals surface area contributed by atoms with Gasteiger partial charge in [0.05, 0.1) is 12.6 Å². The fraction of sp³-hybridized carbons (Fsp3) is 0.857. The van der Waals surface area contributed by atoms with Crippen LogP contribution in [0, 0.1) is 5.92 Å². The van der Waals surface area contributed by atoms with Crippen LogP contribution in [0.1, 0.15) is 13.8 Å². The zero-order valence-electron chi connectivity index (χ0n) is 6.78. The second-order valence-electron chi connectivity index (χ2n) is 3.00. The lowest BCUT2D eigenvalue weighted by Gasteiger charge is -2.15. The first-order valence-corrected chi connectivity index (χ1v) is 3.73. The van der Waals surface area contributed by atoms with Crippen molar-refractivity contribution in [2.75, 3.05) is 13.2 Å². The van der Waals surface area contributed by atoms with Gasteiger partial charge in [-0.2, -0.15) is 0 Å². The molecule has 1 rings (SSSR count). The quantitative estimate of drug-likeness (QED) is 0.575. The maximum atomic E-state index is 11.2. The summed E-state index contributed by atoms with van der Waals surface area (Å²) in [6.07, 6.45) is -0.516. The van der Waals surface area contributed by atoms with Crippen LogP contribution in [0.4, 0.5) is 0 Å². The highest BCUT2D eigenvalue weighted by Crippen LogP contribution is 2.09. The Balaban J connectivity index is 2.43. The summed E-state index contributed by atoms with van der Waals surface area (Å²) in [5, 5.41) is 10.2. The lowest BCUT2D eigenvalue weighted by Crippen LogP contribution is -2.31. The van der Waals surface area contributed by atoms with E-state index in [0.717, 1.165) is 0 Å². The molecule has 1 aliphatic rings. The Morgan fingerprint density at radius 2 is 2.36 bits per heavy atom. The van der Waals surface area contributed by atoms with E-state index >= 15 is 0 Å². The highest BCUT2D eigenvalue weighted by Gasteiger charge is 2.27. The maximum absolute atomic E-state index is 11.2. The van der Waals surface area contributed by atoms with Gasteiger partial charge in [0.2, 0.25) is 5.91 Å². The number of hydroxylamine groups is 2. The molecule has 1 aliphatic heterocycles. The summed E-state index contributed by atoms with van der Waals surface area (Å²) in [6.45, 7) is 4.14. The molecule has 0 spiro atoms. The molecule has 1 atom stereocenters. The molecule has 1 N–H and O–H groups in total. The molecule has 4 nitrogen and oxygen atoms in total. The number of carbonyl (C=O) groups is 1. The lowest BCUT2D eigenvalue weighted by molar-refractivity contribution is -0.172. The molecule has 1 amide bonds. The van der Waals surface area contributed by atoms with E-state index in [1.807, 2.05) is 0 Å². The van der Waals surface area contributed by atoms with E-state index < -0.39 is 6.10 Å². The Morgan fingerprint density at radius 1 is 1.73 bits per heavy atom. The average Bonchev–Trinajstić information content (AvgIpc) is 2.34. The van der Waals surface area contributed by atoms with E-state index in [9.17, 15) is 4.79 Å². The van der Waals surface area contributed by atoms with E-state index in [0.29, 0.717) is 6.54 Å². The molecule has 64 valence electrons. The number of aliphatic hydroxyl groups is 1. The largest absolute Gasteiger partial charge is 0.389 e. The Hall–Kier alpha value is -0.610. The van der Waals surface area contributed by atoms with Crippen LogP contribution in [0.2, 0.25) is 0 Å². The van der Waals surface area contributed by atoms with Gasteiger partial charge in [-0.3, -0.25) is 9.63 Å². The first kappa shape index (κ1) is 8.49. The van der Waals surface area contributed by atoms with Crippen molar-refractivity contribution in [2.45, 2.75) is 20.0 Å². The summed E-state index contributed by atoms with van der Waals surface area (Å²) in [5.41, 5.74) is 0. The minimum Gasteiger partial charge on any atom is -0.389 e.